The van der Waals surface area contributed by atoms with Gasteiger partial charge in [0.15, 0.2) is 6.61 Å². The first-order chi connectivity index (χ1) is 13.1. The standard InChI is InChI=1S/C22H25NO4/c1-16-6-4-9-18(14-16)26-13-12-22(25)27-15-21(24)23-20-11-5-8-17-7-2-3-10-19(17)20/h2-4,6-7,9-10,14,20H,5,8,11-13,15H2,1H3,(H,23,24)/t20-/m1/s1. The van der Waals surface area contributed by atoms with Crippen LogP contribution < -0.4 is 10.1 Å². The Morgan fingerprint density at radius 2 is 2.00 bits per heavy atom. The lowest BCUT2D eigenvalue weighted by atomic mass is 9.88. The highest BCUT2D eigenvalue weighted by Gasteiger charge is 2.21. The zero-order valence-corrected chi connectivity index (χ0v) is 15.6. The molecule has 0 saturated heterocycles. The molecule has 0 fully saturated rings. The Labute approximate surface area is 159 Å². The second kappa shape index (κ2) is 9.21. The highest BCUT2D eigenvalue weighted by molar-refractivity contribution is 5.81. The van der Waals surface area contributed by atoms with E-state index in [1.165, 1.54) is 5.56 Å². The molecule has 27 heavy (non-hydrogen) atoms. The van der Waals surface area contributed by atoms with E-state index in [0.29, 0.717) is 0 Å². The molecule has 0 saturated carbocycles. The molecule has 1 atom stereocenters. The molecule has 2 aromatic rings. The van der Waals surface area contributed by atoms with Gasteiger partial charge >= 0.3 is 5.97 Å². The molecule has 0 heterocycles. The molecule has 2 aromatic carbocycles. The van der Waals surface area contributed by atoms with Gasteiger partial charge in [0.05, 0.1) is 19.1 Å². The van der Waals surface area contributed by atoms with E-state index in [1.54, 1.807) is 0 Å². The Kier molecular flexibility index (Phi) is 6.47. The molecule has 0 aliphatic heterocycles. The summed E-state index contributed by atoms with van der Waals surface area (Å²) in [5.74, 6) is 0.00279. The van der Waals surface area contributed by atoms with Gasteiger partial charge in [-0.25, -0.2) is 0 Å². The summed E-state index contributed by atoms with van der Waals surface area (Å²) in [5.41, 5.74) is 3.53. The van der Waals surface area contributed by atoms with E-state index >= 15 is 0 Å². The van der Waals surface area contributed by atoms with Gasteiger partial charge in [-0.15, -0.1) is 0 Å². The first-order valence-electron chi connectivity index (χ1n) is 9.34. The number of amides is 1. The topological polar surface area (TPSA) is 64.6 Å². The van der Waals surface area contributed by atoms with Crippen molar-refractivity contribution in [3.8, 4) is 5.75 Å². The second-order valence-electron chi connectivity index (χ2n) is 6.79. The van der Waals surface area contributed by atoms with E-state index in [1.807, 2.05) is 49.4 Å². The molecular formula is C22H25NO4. The Hall–Kier alpha value is -2.82. The fourth-order valence-electron chi connectivity index (χ4n) is 3.32. The number of nitrogens with one attached hydrogen (secondary N) is 1. The number of fused-ring (bicyclic) bond motifs is 1. The molecule has 1 aliphatic rings. The maximum absolute atomic E-state index is 12.1. The van der Waals surface area contributed by atoms with Crippen LogP contribution in [-0.2, 0) is 20.7 Å². The van der Waals surface area contributed by atoms with E-state index < -0.39 is 5.97 Å². The molecule has 0 unspecified atom stereocenters. The third-order valence-electron chi connectivity index (χ3n) is 4.63. The maximum atomic E-state index is 12.1. The predicted molar refractivity (Wildman–Crippen MR) is 103 cm³/mol. The van der Waals surface area contributed by atoms with Crippen LogP contribution in [-0.4, -0.2) is 25.1 Å². The highest BCUT2D eigenvalue weighted by Crippen LogP contribution is 2.29. The average molecular weight is 367 g/mol. The van der Waals surface area contributed by atoms with Crippen LogP contribution in [0.15, 0.2) is 48.5 Å². The van der Waals surface area contributed by atoms with Crippen LogP contribution in [0.5, 0.6) is 5.75 Å². The smallest absolute Gasteiger partial charge is 0.309 e. The van der Waals surface area contributed by atoms with Crippen molar-refractivity contribution in [1.29, 1.82) is 0 Å². The van der Waals surface area contributed by atoms with Crippen LogP contribution in [0.3, 0.4) is 0 Å². The van der Waals surface area contributed by atoms with Gasteiger partial charge in [-0.2, -0.15) is 0 Å². The van der Waals surface area contributed by atoms with Crippen LogP contribution >= 0.6 is 0 Å². The summed E-state index contributed by atoms with van der Waals surface area (Å²) in [6, 6.07) is 15.8. The van der Waals surface area contributed by atoms with Crippen molar-refractivity contribution < 1.29 is 19.1 Å². The summed E-state index contributed by atoms with van der Waals surface area (Å²) in [5, 5.41) is 2.97. The Balaban J connectivity index is 1.38. The summed E-state index contributed by atoms with van der Waals surface area (Å²) >= 11 is 0. The van der Waals surface area contributed by atoms with E-state index in [9.17, 15) is 9.59 Å². The van der Waals surface area contributed by atoms with Gasteiger partial charge in [0.25, 0.3) is 5.91 Å². The van der Waals surface area contributed by atoms with Crippen molar-refractivity contribution in [1.82, 2.24) is 5.32 Å². The van der Waals surface area contributed by atoms with Gasteiger partial charge in [-0.1, -0.05) is 36.4 Å². The maximum Gasteiger partial charge on any atom is 0.309 e. The van der Waals surface area contributed by atoms with Crippen LogP contribution in [0.1, 0.15) is 42.0 Å². The molecule has 5 heteroatoms. The van der Waals surface area contributed by atoms with E-state index in [2.05, 4.69) is 11.4 Å². The number of carbonyl (C=O) groups excluding carboxylic acids is 2. The van der Waals surface area contributed by atoms with Gasteiger partial charge in [0, 0.05) is 0 Å². The third kappa shape index (κ3) is 5.58. The highest BCUT2D eigenvalue weighted by atomic mass is 16.5. The molecule has 5 nitrogen and oxygen atoms in total. The van der Waals surface area contributed by atoms with Gasteiger partial charge in [0.2, 0.25) is 0 Å². The summed E-state index contributed by atoms with van der Waals surface area (Å²) in [7, 11) is 0. The molecule has 0 bridgehead atoms. The zero-order valence-electron chi connectivity index (χ0n) is 15.6. The van der Waals surface area contributed by atoms with Crippen LogP contribution in [0.4, 0.5) is 0 Å². The summed E-state index contributed by atoms with van der Waals surface area (Å²) in [4.78, 5) is 24.0. The molecule has 1 amide bonds. The lowest BCUT2D eigenvalue weighted by Crippen LogP contribution is -2.34. The molecule has 142 valence electrons. The van der Waals surface area contributed by atoms with Crippen LogP contribution in [0.25, 0.3) is 0 Å². The van der Waals surface area contributed by atoms with Crippen LogP contribution in [0, 0.1) is 6.92 Å². The van der Waals surface area contributed by atoms with Crippen molar-refractivity contribution in [3.05, 3.63) is 65.2 Å². The van der Waals surface area contributed by atoms with Crippen LogP contribution in [0.2, 0.25) is 0 Å². The number of hydrogen-bond donors (Lipinski definition) is 1. The number of ether oxygens (including phenoxy) is 2. The molecule has 3 rings (SSSR count). The predicted octanol–water partition coefficient (Wildman–Crippen LogP) is 3.50. The fraction of sp³-hybridized carbons (Fsp3) is 0.364. The van der Waals surface area contributed by atoms with Crippen molar-refractivity contribution >= 4 is 11.9 Å². The molecule has 0 radical (unpaired) electrons. The van der Waals surface area contributed by atoms with Crippen molar-refractivity contribution in [2.24, 2.45) is 0 Å². The number of hydrogen-bond acceptors (Lipinski definition) is 4. The lowest BCUT2D eigenvalue weighted by molar-refractivity contribution is -0.149. The Bertz CT molecular complexity index is 802. The van der Waals surface area contributed by atoms with Gasteiger partial charge in [-0.3, -0.25) is 9.59 Å². The minimum absolute atomic E-state index is 0.00851. The van der Waals surface area contributed by atoms with Gasteiger partial charge < -0.3 is 14.8 Å². The van der Waals surface area contributed by atoms with Crippen molar-refractivity contribution in [2.75, 3.05) is 13.2 Å². The number of carbonyl (C=O) groups is 2. The number of aryl methyl sites for hydroxylation is 2. The van der Waals surface area contributed by atoms with E-state index in [-0.39, 0.29) is 31.6 Å². The van der Waals surface area contributed by atoms with E-state index in [4.69, 9.17) is 9.47 Å². The van der Waals surface area contributed by atoms with Crippen molar-refractivity contribution in [2.45, 2.75) is 38.6 Å². The number of benzene rings is 2. The van der Waals surface area contributed by atoms with Gasteiger partial charge in [-0.05, 0) is 55.0 Å². The first kappa shape index (κ1) is 19.0. The molecule has 1 N–H and O–H groups in total. The third-order valence-corrected chi connectivity index (χ3v) is 4.63. The minimum Gasteiger partial charge on any atom is -0.493 e. The lowest BCUT2D eigenvalue weighted by Gasteiger charge is -2.26. The van der Waals surface area contributed by atoms with Crippen molar-refractivity contribution in [3.63, 3.8) is 0 Å². The van der Waals surface area contributed by atoms with E-state index in [0.717, 1.165) is 36.1 Å². The Morgan fingerprint density at radius 1 is 1.15 bits per heavy atom. The average Bonchev–Trinajstić information content (AvgIpc) is 2.67. The quantitative estimate of drug-likeness (QED) is 0.761. The molecular weight excluding hydrogens is 342 g/mol. The first-order valence-corrected chi connectivity index (χ1v) is 9.34. The normalized spacial score (nSPS) is 15.5. The Morgan fingerprint density at radius 3 is 2.85 bits per heavy atom. The second-order valence-corrected chi connectivity index (χ2v) is 6.79. The SMILES string of the molecule is Cc1cccc(OCCC(=O)OCC(=O)N[C@@H]2CCCc3ccccc32)c1. The monoisotopic (exact) mass is 367 g/mol. The summed E-state index contributed by atoms with van der Waals surface area (Å²) in [6.07, 6.45) is 3.09. The minimum atomic E-state index is -0.443. The largest absolute Gasteiger partial charge is 0.493 e. The molecule has 0 aromatic heterocycles. The molecule has 1 aliphatic carbocycles. The number of esters is 1. The summed E-state index contributed by atoms with van der Waals surface area (Å²) < 4.78 is 10.6. The fourth-order valence-corrected chi connectivity index (χ4v) is 3.32. The zero-order chi connectivity index (χ0) is 19.1. The summed E-state index contributed by atoms with van der Waals surface area (Å²) in [6.45, 7) is 1.94. The number of rotatable bonds is 7. The molecule has 0 spiro atoms. The van der Waals surface area contributed by atoms with Gasteiger partial charge in [0.1, 0.15) is 5.75 Å².